The van der Waals surface area contributed by atoms with Crippen LogP contribution in [0.2, 0.25) is 0 Å². The van der Waals surface area contributed by atoms with Gasteiger partial charge in [0.15, 0.2) is 0 Å². The number of morpholine rings is 1. The van der Waals surface area contributed by atoms with E-state index in [1.54, 1.807) is 19.9 Å². The molecule has 0 aliphatic carbocycles. The number of nitrogens with two attached hydrogens (primary N) is 1. The molecule has 7 heteroatoms. The van der Waals surface area contributed by atoms with Gasteiger partial charge in [-0.1, -0.05) is 0 Å². The molecule has 1 aliphatic rings. The Hall–Kier alpha value is -1.86. The smallest absolute Gasteiger partial charge is 0.257 e. The largest absolute Gasteiger partial charge is 0.466 e. The summed E-state index contributed by atoms with van der Waals surface area (Å²) in [4.78, 5) is 27.5. The van der Waals surface area contributed by atoms with E-state index in [2.05, 4.69) is 4.90 Å². The predicted octanol–water partition coefficient (Wildman–Crippen LogP) is 0.155. The Morgan fingerprint density at radius 2 is 2.18 bits per heavy atom. The summed E-state index contributed by atoms with van der Waals surface area (Å²) >= 11 is 0. The summed E-state index contributed by atoms with van der Waals surface area (Å²) in [6, 6.07) is 1.68. The topological polar surface area (TPSA) is 89.0 Å². The molecule has 0 aromatic carbocycles. The maximum atomic E-state index is 12.7. The third-order valence-corrected chi connectivity index (χ3v) is 3.67. The molecule has 1 saturated heterocycles. The van der Waals surface area contributed by atoms with Gasteiger partial charge < -0.3 is 24.7 Å². The normalized spacial score (nSPS) is 19.1. The lowest BCUT2D eigenvalue weighted by atomic mass is 10.2. The van der Waals surface area contributed by atoms with E-state index in [0.29, 0.717) is 36.8 Å². The highest BCUT2D eigenvalue weighted by molar-refractivity contribution is 5.97. The molecule has 1 fully saturated rings. The lowest BCUT2D eigenvalue weighted by molar-refractivity contribution is -0.119. The number of hydrogen-bond acceptors (Lipinski definition) is 5. The molecular formula is C15H23N3O4. The Kier molecular flexibility index (Phi) is 5.20. The van der Waals surface area contributed by atoms with Crippen molar-refractivity contribution in [1.82, 2.24) is 9.80 Å². The molecule has 0 unspecified atom stereocenters. The van der Waals surface area contributed by atoms with Gasteiger partial charge in [0.05, 0.1) is 24.8 Å². The number of primary amides is 1. The second kappa shape index (κ2) is 6.93. The molecule has 22 heavy (non-hydrogen) atoms. The number of aryl methyl sites for hydroxylation is 2. The number of rotatable bonds is 5. The number of carbonyl (C=O) groups is 2. The first-order valence-corrected chi connectivity index (χ1v) is 7.31. The predicted molar refractivity (Wildman–Crippen MR) is 80.5 cm³/mol. The number of ether oxygens (including phenoxy) is 1. The van der Waals surface area contributed by atoms with Crippen molar-refractivity contribution in [2.45, 2.75) is 20.0 Å². The van der Waals surface area contributed by atoms with E-state index in [-0.39, 0.29) is 18.6 Å². The zero-order chi connectivity index (χ0) is 16.3. The summed E-state index contributed by atoms with van der Waals surface area (Å²) in [6.45, 7) is 5.90. The summed E-state index contributed by atoms with van der Waals surface area (Å²) in [6.07, 6.45) is -0.129. The van der Waals surface area contributed by atoms with Gasteiger partial charge in [0, 0.05) is 19.6 Å². The van der Waals surface area contributed by atoms with Gasteiger partial charge in [-0.25, -0.2) is 0 Å². The molecule has 0 spiro atoms. The first-order valence-electron chi connectivity index (χ1n) is 7.31. The van der Waals surface area contributed by atoms with Crippen molar-refractivity contribution in [3.63, 3.8) is 0 Å². The van der Waals surface area contributed by atoms with E-state index in [4.69, 9.17) is 14.9 Å². The lowest BCUT2D eigenvalue weighted by Gasteiger charge is -2.33. The van der Waals surface area contributed by atoms with Crippen LogP contribution in [0.15, 0.2) is 10.5 Å². The van der Waals surface area contributed by atoms with Gasteiger partial charge in [-0.3, -0.25) is 9.59 Å². The average Bonchev–Trinajstić information content (AvgIpc) is 2.75. The third-order valence-electron chi connectivity index (χ3n) is 3.67. The quantitative estimate of drug-likeness (QED) is 0.836. The minimum atomic E-state index is -0.546. The van der Waals surface area contributed by atoms with E-state index in [1.165, 1.54) is 4.90 Å². The van der Waals surface area contributed by atoms with Gasteiger partial charge in [0.25, 0.3) is 5.91 Å². The average molecular weight is 309 g/mol. The third kappa shape index (κ3) is 4.08. The van der Waals surface area contributed by atoms with Crippen LogP contribution < -0.4 is 5.73 Å². The van der Waals surface area contributed by atoms with E-state index >= 15 is 0 Å². The summed E-state index contributed by atoms with van der Waals surface area (Å²) in [5.74, 6) is 0.396. The first kappa shape index (κ1) is 16.5. The highest BCUT2D eigenvalue weighted by Gasteiger charge is 2.27. The van der Waals surface area contributed by atoms with E-state index in [1.807, 2.05) is 7.05 Å². The molecule has 2 rings (SSSR count). The van der Waals surface area contributed by atoms with Gasteiger partial charge in [0.1, 0.15) is 11.5 Å². The second-order valence-electron chi connectivity index (χ2n) is 5.73. The first-order chi connectivity index (χ1) is 10.4. The summed E-state index contributed by atoms with van der Waals surface area (Å²) in [5, 5.41) is 0. The number of furan rings is 1. The van der Waals surface area contributed by atoms with Gasteiger partial charge >= 0.3 is 0 Å². The van der Waals surface area contributed by atoms with Crippen LogP contribution in [-0.2, 0) is 9.53 Å². The summed E-state index contributed by atoms with van der Waals surface area (Å²) in [7, 11) is 2.00. The van der Waals surface area contributed by atoms with Crippen molar-refractivity contribution >= 4 is 11.8 Å². The molecular weight excluding hydrogens is 286 g/mol. The zero-order valence-corrected chi connectivity index (χ0v) is 13.3. The van der Waals surface area contributed by atoms with E-state index in [0.717, 1.165) is 6.54 Å². The standard InChI is InChI=1S/C15H23N3O4/c1-10-6-13(11(2)22-10)15(20)18(9-14(16)19)8-12-7-17(3)4-5-21-12/h6,12H,4-5,7-9H2,1-3H3,(H2,16,19)/t12-/m1/s1. The summed E-state index contributed by atoms with van der Waals surface area (Å²) in [5.41, 5.74) is 5.74. The van der Waals surface area contributed by atoms with Crippen LogP contribution in [0.25, 0.3) is 0 Å². The Morgan fingerprint density at radius 3 is 2.73 bits per heavy atom. The highest BCUT2D eigenvalue weighted by Crippen LogP contribution is 2.17. The van der Waals surface area contributed by atoms with Crippen molar-refractivity contribution < 1.29 is 18.7 Å². The van der Waals surface area contributed by atoms with E-state index in [9.17, 15) is 9.59 Å². The molecule has 2 heterocycles. The molecule has 2 amide bonds. The molecule has 1 aromatic heterocycles. The molecule has 1 atom stereocenters. The SMILES string of the molecule is Cc1cc(C(=O)N(CC(N)=O)C[C@H]2CN(C)CCO2)c(C)o1. The second-order valence-corrected chi connectivity index (χ2v) is 5.73. The molecule has 1 aliphatic heterocycles. The Labute approximate surface area is 130 Å². The fourth-order valence-corrected chi connectivity index (χ4v) is 2.64. The minimum absolute atomic E-state index is 0.129. The number of nitrogens with zero attached hydrogens (tertiary/aromatic N) is 2. The monoisotopic (exact) mass is 309 g/mol. The van der Waals surface area contributed by atoms with Crippen LogP contribution in [0.3, 0.4) is 0 Å². The fourth-order valence-electron chi connectivity index (χ4n) is 2.64. The minimum Gasteiger partial charge on any atom is -0.466 e. The van der Waals surface area contributed by atoms with Gasteiger partial charge in [0.2, 0.25) is 5.91 Å². The van der Waals surface area contributed by atoms with Crippen molar-refractivity contribution in [3.05, 3.63) is 23.2 Å². The number of likely N-dealkylation sites (N-methyl/N-ethyl adjacent to an activating group) is 1. The molecule has 2 N–H and O–H groups in total. The molecule has 0 bridgehead atoms. The van der Waals surface area contributed by atoms with Gasteiger partial charge in [-0.15, -0.1) is 0 Å². The Bertz CT molecular complexity index is 555. The van der Waals surface area contributed by atoms with Crippen molar-refractivity contribution in [3.8, 4) is 0 Å². The molecule has 0 saturated carbocycles. The van der Waals surface area contributed by atoms with Crippen LogP contribution in [0, 0.1) is 13.8 Å². The summed E-state index contributed by atoms with van der Waals surface area (Å²) < 4.78 is 11.1. The van der Waals surface area contributed by atoms with Crippen LogP contribution >= 0.6 is 0 Å². The van der Waals surface area contributed by atoms with Crippen molar-refractivity contribution in [1.29, 1.82) is 0 Å². The number of carbonyl (C=O) groups excluding carboxylic acids is 2. The van der Waals surface area contributed by atoms with Crippen molar-refractivity contribution in [2.24, 2.45) is 5.73 Å². The fraction of sp³-hybridized carbons (Fsp3) is 0.600. The lowest BCUT2D eigenvalue weighted by Crippen LogP contribution is -2.49. The maximum Gasteiger partial charge on any atom is 0.257 e. The highest BCUT2D eigenvalue weighted by atomic mass is 16.5. The van der Waals surface area contributed by atoms with Crippen LogP contribution in [0.4, 0.5) is 0 Å². The number of amides is 2. The molecule has 122 valence electrons. The van der Waals surface area contributed by atoms with Gasteiger partial charge in [-0.2, -0.15) is 0 Å². The maximum absolute atomic E-state index is 12.7. The van der Waals surface area contributed by atoms with Crippen LogP contribution in [-0.4, -0.2) is 67.6 Å². The molecule has 1 aromatic rings. The van der Waals surface area contributed by atoms with Crippen LogP contribution in [0.5, 0.6) is 0 Å². The van der Waals surface area contributed by atoms with Gasteiger partial charge in [-0.05, 0) is 27.0 Å². The van der Waals surface area contributed by atoms with Crippen molar-refractivity contribution in [2.75, 3.05) is 39.8 Å². The number of hydrogen-bond donors (Lipinski definition) is 1. The zero-order valence-electron chi connectivity index (χ0n) is 13.3. The Balaban J connectivity index is 2.13. The van der Waals surface area contributed by atoms with Crippen LogP contribution in [0.1, 0.15) is 21.9 Å². The molecule has 7 nitrogen and oxygen atoms in total. The molecule has 0 radical (unpaired) electrons. The van der Waals surface area contributed by atoms with E-state index < -0.39 is 5.91 Å². The Morgan fingerprint density at radius 1 is 1.45 bits per heavy atom.